The van der Waals surface area contributed by atoms with Crippen LogP contribution in [-0.2, 0) is 6.54 Å². The smallest absolute Gasteiger partial charge is 0.146 e. The number of fused-ring (bicyclic) bond motifs is 1. The molecule has 1 aliphatic carbocycles. The first-order valence-corrected chi connectivity index (χ1v) is 12.0. The monoisotopic (exact) mass is 470 g/mol. The number of likely N-dealkylation sites (tertiary alicyclic amines) is 1. The number of amidine groups is 1. The lowest BCUT2D eigenvalue weighted by atomic mass is 9.92. The third kappa shape index (κ3) is 4.07. The minimum absolute atomic E-state index is 0.545. The Morgan fingerprint density at radius 3 is 2.90 bits per heavy atom. The zero-order valence-electron chi connectivity index (χ0n) is 17.7. The van der Waals surface area contributed by atoms with Crippen LogP contribution in [0.15, 0.2) is 51.6 Å². The molecule has 160 valence electrons. The number of rotatable bonds is 4. The van der Waals surface area contributed by atoms with Crippen molar-refractivity contribution in [2.24, 2.45) is 10.9 Å². The highest BCUT2D eigenvalue weighted by Crippen LogP contribution is 2.34. The molecule has 5 rings (SSSR count). The van der Waals surface area contributed by atoms with E-state index in [-0.39, 0.29) is 0 Å². The summed E-state index contributed by atoms with van der Waals surface area (Å²) < 4.78 is 1.19. The van der Waals surface area contributed by atoms with Crippen molar-refractivity contribution in [3.8, 4) is 0 Å². The number of hydrogen-bond donors (Lipinski definition) is 1. The molecule has 4 aliphatic rings. The largest absolute Gasteiger partial charge is 0.343 e. The zero-order chi connectivity index (χ0) is 20.5. The summed E-state index contributed by atoms with van der Waals surface area (Å²) in [7, 11) is 2.11. The molecule has 0 spiro atoms. The van der Waals surface area contributed by atoms with Crippen molar-refractivity contribution < 1.29 is 0 Å². The lowest BCUT2D eigenvalue weighted by molar-refractivity contribution is 0.126. The predicted octanol–water partition coefficient (Wildman–Crippen LogP) is 3.85. The van der Waals surface area contributed by atoms with Crippen molar-refractivity contribution in [1.82, 2.24) is 25.2 Å². The number of halogens is 1. The van der Waals surface area contributed by atoms with Crippen LogP contribution in [0.25, 0.3) is 0 Å². The molecule has 1 saturated carbocycles. The van der Waals surface area contributed by atoms with E-state index in [9.17, 15) is 0 Å². The molecular formula is C23H31BrN6. The fourth-order valence-corrected chi connectivity index (χ4v) is 5.90. The van der Waals surface area contributed by atoms with E-state index in [0.29, 0.717) is 12.5 Å². The van der Waals surface area contributed by atoms with Gasteiger partial charge in [0.05, 0.1) is 17.6 Å². The third-order valence-electron chi connectivity index (χ3n) is 6.82. The highest BCUT2D eigenvalue weighted by molar-refractivity contribution is 9.11. The molecule has 1 saturated heterocycles. The summed E-state index contributed by atoms with van der Waals surface area (Å²) in [4.78, 5) is 12.0. The SMILES string of the molecule is CN1CC(Br)=C2NC(C3CCCN(C4CCCC4)C3)=CC(=NCc3cccnc3)N21. The molecule has 0 bridgehead atoms. The lowest BCUT2D eigenvalue weighted by Crippen LogP contribution is -2.48. The van der Waals surface area contributed by atoms with Crippen LogP contribution in [0.1, 0.15) is 44.1 Å². The molecule has 6 nitrogen and oxygen atoms in total. The molecule has 0 radical (unpaired) electrons. The second-order valence-corrected chi connectivity index (χ2v) is 9.87. The van der Waals surface area contributed by atoms with Crippen LogP contribution in [-0.4, -0.2) is 58.5 Å². The molecule has 1 atom stereocenters. The van der Waals surface area contributed by atoms with Crippen LogP contribution in [0.2, 0.25) is 0 Å². The molecular weight excluding hydrogens is 440 g/mol. The highest BCUT2D eigenvalue weighted by Gasteiger charge is 2.36. The molecule has 3 aliphatic heterocycles. The van der Waals surface area contributed by atoms with Crippen LogP contribution >= 0.6 is 15.9 Å². The van der Waals surface area contributed by atoms with Crippen molar-refractivity contribution >= 4 is 21.8 Å². The van der Waals surface area contributed by atoms with Gasteiger partial charge in [-0.1, -0.05) is 34.8 Å². The van der Waals surface area contributed by atoms with Gasteiger partial charge >= 0.3 is 0 Å². The lowest BCUT2D eigenvalue weighted by Gasteiger charge is -2.40. The zero-order valence-corrected chi connectivity index (χ0v) is 19.3. The number of pyridine rings is 1. The number of piperidine rings is 1. The fraction of sp³-hybridized carbons (Fsp3) is 0.565. The molecule has 4 heterocycles. The van der Waals surface area contributed by atoms with E-state index in [1.54, 1.807) is 0 Å². The van der Waals surface area contributed by atoms with E-state index >= 15 is 0 Å². The van der Waals surface area contributed by atoms with Crippen molar-refractivity contribution in [3.05, 3.63) is 52.2 Å². The van der Waals surface area contributed by atoms with Crippen LogP contribution in [0.4, 0.5) is 0 Å². The number of hydrogen-bond acceptors (Lipinski definition) is 5. The van der Waals surface area contributed by atoms with E-state index in [2.05, 4.69) is 60.3 Å². The summed E-state index contributed by atoms with van der Waals surface area (Å²) in [6.07, 6.45) is 14.1. The Morgan fingerprint density at radius 2 is 2.10 bits per heavy atom. The van der Waals surface area contributed by atoms with Gasteiger partial charge in [0.2, 0.25) is 0 Å². The molecule has 7 heteroatoms. The van der Waals surface area contributed by atoms with Gasteiger partial charge in [0.15, 0.2) is 0 Å². The van der Waals surface area contributed by atoms with Crippen LogP contribution in [0, 0.1) is 5.92 Å². The van der Waals surface area contributed by atoms with Crippen LogP contribution < -0.4 is 5.32 Å². The first-order valence-electron chi connectivity index (χ1n) is 11.2. The van der Waals surface area contributed by atoms with Crippen molar-refractivity contribution in [1.29, 1.82) is 0 Å². The summed E-state index contributed by atoms with van der Waals surface area (Å²) in [5, 5.41) is 8.16. The first kappa shape index (κ1) is 20.2. The van der Waals surface area contributed by atoms with Gasteiger partial charge in [-0.05, 0) is 43.9 Å². The average Bonchev–Trinajstić information content (AvgIpc) is 3.42. The topological polar surface area (TPSA) is 47.0 Å². The Kier molecular flexibility index (Phi) is 5.94. The number of aromatic nitrogens is 1. The Balaban J connectivity index is 1.41. The van der Waals surface area contributed by atoms with Gasteiger partial charge in [-0.3, -0.25) is 14.9 Å². The summed E-state index contributed by atoms with van der Waals surface area (Å²) in [6.45, 7) is 3.92. The molecule has 2 fully saturated rings. The number of hydrazine groups is 1. The third-order valence-corrected chi connectivity index (χ3v) is 7.45. The number of aliphatic imine (C=N–C) groups is 1. The summed E-state index contributed by atoms with van der Waals surface area (Å²) in [5.74, 6) is 2.68. The number of nitrogens with zero attached hydrogens (tertiary/aromatic N) is 5. The number of likely N-dealkylation sites (N-methyl/N-ethyl adjacent to an activating group) is 1. The standard InChI is InChI=1S/C23H31BrN6/c1-28-16-20(24)23-27-21(18-7-5-11-29(15-18)19-8-2-3-9-19)12-22(30(23)28)26-14-17-6-4-10-25-13-17/h4,6,10,12-13,18-19,27H,2-3,5,7-9,11,14-16H2,1H3. The maximum Gasteiger partial charge on any atom is 0.146 e. The Hall–Kier alpha value is -1.70. The van der Waals surface area contributed by atoms with Gasteiger partial charge < -0.3 is 5.32 Å². The molecule has 1 unspecified atom stereocenters. The quantitative estimate of drug-likeness (QED) is 0.723. The van der Waals surface area contributed by atoms with Crippen LogP contribution in [0.5, 0.6) is 0 Å². The average molecular weight is 471 g/mol. The van der Waals surface area contributed by atoms with E-state index in [1.807, 2.05) is 18.5 Å². The fourth-order valence-electron chi connectivity index (χ4n) is 5.27. The summed E-state index contributed by atoms with van der Waals surface area (Å²) >= 11 is 3.79. The molecule has 1 N–H and O–H groups in total. The van der Waals surface area contributed by atoms with Gasteiger partial charge in [0.1, 0.15) is 11.7 Å². The second kappa shape index (κ2) is 8.81. The first-order chi connectivity index (χ1) is 14.7. The van der Waals surface area contributed by atoms with Gasteiger partial charge in [-0.15, -0.1) is 0 Å². The molecule has 0 amide bonds. The second-order valence-electron chi connectivity index (χ2n) is 8.91. The van der Waals surface area contributed by atoms with Crippen molar-refractivity contribution in [3.63, 3.8) is 0 Å². The molecule has 30 heavy (non-hydrogen) atoms. The maximum atomic E-state index is 5.00. The van der Waals surface area contributed by atoms with Gasteiger partial charge in [0, 0.05) is 49.7 Å². The molecule has 1 aromatic heterocycles. The number of nitrogens with one attached hydrogen (secondary N) is 1. The van der Waals surface area contributed by atoms with E-state index < -0.39 is 0 Å². The van der Waals surface area contributed by atoms with Gasteiger partial charge in [0.25, 0.3) is 0 Å². The normalized spacial score (nSPS) is 27.5. The Bertz CT molecular complexity index is 858. The summed E-state index contributed by atoms with van der Waals surface area (Å²) in [5.41, 5.74) is 2.45. The Labute approximate surface area is 187 Å². The predicted molar refractivity (Wildman–Crippen MR) is 124 cm³/mol. The molecule has 1 aromatic rings. The highest BCUT2D eigenvalue weighted by atomic mass is 79.9. The maximum absolute atomic E-state index is 5.00. The van der Waals surface area contributed by atoms with Gasteiger partial charge in [-0.2, -0.15) is 0 Å². The Morgan fingerprint density at radius 1 is 1.23 bits per heavy atom. The van der Waals surface area contributed by atoms with Gasteiger partial charge in [-0.25, -0.2) is 10.0 Å². The van der Waals surface area contributed by atoms with Crippen molar-refractivity contribution in [2.45, 2.75) is 51.1 Å². The minimum atomic E-state index is 0.545. The summed E-state index contributed by atoms with van der Waals surface area (Å²) in [6, 6.07) is 4.86. The van der Waals surface area contributed by atoms with Crippen molar-refractivity contribution in [2.75, 3.05) is 26.7 Å². The minimum Gasteiger partial charge on any atom is -0.343 e. The van der Waals surface area contributed by atoms with E-state index in [1.165, 1.54) is 61.8 Å². The molecule has 0 aromatic carbocycles. The van der Waals surface area contributed by atoms with Crippen LogP contribution in [0.3, 0.4) is 0 Å². The van der Waals surface area contributed by atoms with E-state index in [4.69, 9.17) is 4.99 Å². The van der Waals surface area contributed by atoms with E-state index in [0.717, 1.165) is 29.8 Å².